The fourth-order valence-electron chi connectivity index (χ4n) is 1.92. The molecule has 0 amide bonds. The van der Waals surface area contributed by atoms with Gasteiger partial charge in [0, 0.05) is 24.7 Å². The van der Waals surface area contributed by atoms with Crippen LogP contribution in [0.2, 0.25) is 0 Å². The topological polar surface area (TPSA) is 58.4 Å². The van der Waals surface area contributed by atoms with E-state index in [1.165, 1.54) is 0 Å². The van der Waals surface area contributed by atoms with Gasteiger partial charge < -0.3 is 5.32 Å². The van der Waals surface area contributed by atoms with Gasteiger partial charge in [0.2, 0.25) is 0 Å². The van der Waals surface area contributed by atoms with Crippen LogP contribution in [0.25, 0.3) is 0 Å². The number of nitro groups is 1. The van der Waals surface area contributed by atoms with Crippen molar-refractivity contribution in [3.8, 4) is 0 Å². The number of hydrogen-bond donors (Lipinski definition) is 1. The van der Waals surface area contributed by atoms with Crippen LogP contribution in [0.15, 0.2) is 18.2 Å². The molecular weight excluding hydrogens is 254 g/mol. The Kier molecular flexibility index (Phi) is 5.51. The SMILES string of the molecule is CCNc1ccc(CN(C)C(C)(C)CC)cc1[N+](=O)[O-]. The summed E-state index contributed by atoms with van der Waals surface area (Å²) in [6.07, 6.45) is 1.03. The molecule has 0 unspecified atom stereocenters. The lowest BCUT2D eigenvalue weighted by atomic mass is 9.99. The number of nitro benzene ring substituents is 1. The normalized spacial score (nSPS) is 11.7. The van der Waals surface area contributed by atoms with Crippen molar-refractivity contribution in [2.45, 2.75) is 46.2 Å². The predicted octanol–water partition coefficient (Wildman–Crippen LogP) is 3.65. The largest absolute Gasteiger partial charge is 0.380 e. The molecule has 5 heteroatoms. The Hall–Kier alpha value is -1.62. The predicted molar refractivity (Wildman–Crippen MR) is 83.1 cm³/mol. The molecule has 0 spiro atoms. The van der Waals surface area contributed by atoms with E-state index in [4.69, 9.17) is 0 Å². The van der Waals surface area contributed by atoms with E-state index in [1.807, 2.05) is 20.0 Å². The summed E-state index contributed by atoms with van der Waals surface area (Å²) in [6.45, 7) is 9.79. The summed E-state index contributed by atoms with van der Waals surface area (Å²) in [5, 5.41) is 14.2. The van der Waals surface area contributed by atoms with Gasteiger partial charge in [-0.1, -0.05) is 13.0 Å². The van der Waals surface area contributed by atoms with Crippen LogP contribution in [0.3, 0.4) is 0 Å². The highest BCUT2D eigenvalue weighted by Gasteiger charge is 2.22. The van der Waals surface area contributed by atoms with E-state index in [2.05, 4.69) is 31.0 Å². The van der Waals surface area contributed by atoms with Crippen molar-refractivity contribution >= 4 is 11.4 Å². The summed E-state index contributed by atoms with van der Waals surface area (Å²) in [5.41, 5.74) is 1.77. The summed E-state index contributed by atoms with van der Waals surface area (Å²) >= 11 is 0. The molecule has 0 heterocycles. The van der Waals surface area contributed by atoms with Crippen molar-refractivity contribution in [1.29, 1.82) is 0 Å². The minimum atomic E-state index is -0.327. The summed E-state index contributed by atoms with van der Waals surface area (Å²) in [6, 6.07) is 5.41. The quantitative estimate of drug-likeness (QED) is 0.611. The number of nitrogens with zero attached hydrogens (tertiary/aromatic N) is 2. The second-order valence-electron chi connectivity index (χ2n) is 5.66. The lowest BCUT2D eigenvalue weighted by molar-refractivity contribution is -0.384. The molecule has 0 aromatic heterocycles. The van der Waals surface area contributed by atoms with Gasteiger partial charge in [-0.25, -0.2) is 0 Å². The van der Waals surface area contributed by atoms with Crippen LogP contribution >= 0.6 is 0 Å². The fraction of sp³-hybridized carbons (Fsp3) is 0.600. The molecule has 1 rings (SSSR count). The Morgan fingerprint density at radius 3 is 2.50 bits per heavy atom. The molecule has 0 saturated carbocycles. The molecule has 0 radical (unpaired) electrons. The van der Waals surface area contributed by atoms with Crippen LogP contribution in [-0.4, -0.2) is 29.0 Å². The molecule has 0 aliphatic heterocycles. The molecule has 5 nitrogen and oxygen atoms in total. The van der Waals surface area contributed by atoms with Crippen molar-refractivity contribution in [2.75, 3.05) is 18.9 Å². The second-order valence-corrected chi connectivity index (χ2v) is 5.66. The summed E-state index contributed by atoms with van der Waals surface area (Å²) < 4.78 is 0. The Morgan fingerprint density at radius 2 is 2.00 bits per heavy atom. The number of hydrogen-bond acceptors (Lipinski definition) is 4. The maximum Gasteiger partial charge on any atom is 0.292 e. The van der Waals surface area contributed by atoms with Crippen molar-refractivity contribution in [1.82, 2.24) is 4.90 Å². The lowest BCUT2D eigenvalue weighted by Crippen LogP contribution is -2.39. The maximum absolute atomic E-state index is 11.1. The number of nitrogens with one attached hydrogen (secondary N) is 1. The van der Waals surface area contributed by atoms with E-state index in [-0.39, 0.29) is 16.1 Å². The van der Waals surface area contributed by atoms with E-state index >= 15 is 0 Å². The van der Waals surface area contributed by atoms with Gasteiger partial charge in [-0.05, 0) is 45.9 Å². The standard InChI is InChI=1S/C15H25N3O2/c1-6-15(3,4)17(5)11-12-8-9-13(16-7-2)14(10-12)18(19)20/h8-10,16H,6-7,11H2,1-5H3. The molecule has 0 atom stereocenters. The first kappa shape index (κ1) is 16.4. The van der Waals surface area contributed by atoms with Crippen molar-refractivity contribution in [3.63, 3.8) is 0 Å². The zero-order chi connectivity index (χ0) is 15.3. The Labute approximate surface area is 121 Å². The van der Waals surface area contributed by atoms with Crippen LogP contribution in [0, 0.1) is 10.1 Å². The highest BCUT2D eigenvalue weighted by molar-refractivity contribution is 5.62. The van der Waals surface area contributed by atoms with E-state index in [0.717, 1.165) is 12.0 Å². The van der Waals surface area contributed by atoms with Gasteiger partial charge in [0.1, 0.15) is 5.69 Å². The minimum absolute atomic E-state index is 0.0785. The summed E-state index contributed by atoms with van der Waals surface area (Å²) in [7, 11) is 2.05. The van der Waals surface area contributed by atoms with E-state index < -0.39 is 0 Å². The summed E-state index contributed by atoms with van der Waals surface area (Å²) in [5.74, 6) is 0. The van der Waals surface area contributed by atoms with Crippen molar-refractivity contribution in [2.24, 2.45) is 0 Å². The Morgan fingerprint density at radius 1 is 1.35 bits per heavy atom. The van der Waals surface area contributed by atoms with Crippen molar-refractivity contribution in [3.05, 3.63) is 33.9 Å². The number of anilines is 1. The third kappa shape index (κ3) is 3.93. The van der Waals surface area contributed by atoms with Crippen LogP contribution in [-0.2, 0) is 6.54 Å². The maximum atomic E-state index is 11.1. The fourth-order valence-corrected chi connectivity index (χ4v) is 1.92. The van der Waals surface area contributed by atoms with Crippen LogP contribution < -0.4 is 5.32 Å². The number of benzene rings is 1. The molecule has 1 aromatic rings. The number of rotatable bonds is 7. The molecule has 0 aliphatic rings. The van der Waals surface area contributed by atoms with Gasteiger partial charge >= 0.3 is 0 Å². The molecule has 1 N–H and O–H groups in total. The molecule has 20 heavy (non-hydrogen) atoms. The molecule has 0 saturated heterocycles. The summed E-state index contributed by atoms with van der Waals surface area (Å²) in [4.78, 5) is 13.0. The van der Waals surface area contributed by atoms with Gasteiger partial charge in [0.15, 0.2) is 0 Å². The van der Waals surface area contributed by atoms with E-state index in [1.54, 1.807) is 12.1 Å². The highest BCUT2D eigenvalue weighted by Crippen LogP contribution is 2.27. The van der Waals surface area contributed by atoms with E-state index in [9.17, 15) is 10.1 Å². The molecule has 0 fully saturated rings. The third-order valence-electron chi connectivity index (χ3n) is 3.94. The van der Waals surface area contributed by atoms with Gasteiger partial charge in [-0.2, -0.15) is 0 Å². The lowest BCUT2D eigenvalue weighted by Gasteiger charge is -2.34. The first-order chi connectivity index (χ1) is 9.31. The smallest absolute Gasteiger partial charge is 0.292 e. The first-order valence-electron chi connectivity index (χ1n) is 7.04. The Balaban J connectivity index is 2.98. The molecule has 0 aliphatic carbocycles. The average Bonchev–Trinajstić information content (AvgIpc) is 2.40. The zero-order valence-electron chi connectivity index (χ0n) is 13.1. The highest BCUT2D eigenvalue weighted by atomic mass is 16.6. The molecule has 112 valence electrons. The van der Waals surface area contributed by atoms with Gasteiger partial charge in [-0.15, -0.1) is 0 Å². The van der Waals surface area contributed by atoms with Crippen LogP contribution in [0.5, 0.6) is 0 Å². The molecular formula is C15H25N3O2. The average molecular weight is 279 g/mol. The van der Waals surface area contributed by atoms with Crippen molar-refractivity contribution < 1.29 is 4.92 Å². The van der Waals surface area contributed by atoms with Gasteiger partial charge in [0.05, 0.1) is 4.92 Å². The molecule has 1 aromatic carbocycles. The zero-order valence-corrected chi connectivity index (χ0v) is 13.1. The van der Waals surface area contributed by atoms with Gasteiger partial charge in [0.25, 0.3) is 5.69 Å². The minimum Gasteiger partial charge on any atom is -0.380 e. The van der Waals surface area contributed by atoms with Crippen LogP contribution in [0.4, 0.5) is 11.4 Å². The first-order valence-corrected chi connectivity index (χ1v) is 7.04. The molecule has 0 bridgehead atoms. The second kappa shape index (κ2) is 6.70. The van der Waals surface area contributed by atoms with Crippen LogP contribution in [0.1, 0.15) is 39.7 Å². The van der Waals surface area contributed by atoms with Gasteiger partial charge in [-0.3, -0.25) is 15.0 Å². The third-order valence-corrected chi connectivity index (χ3v) is 3.94. The van der Waals surface area contributed by atoms with E-state index in [0.29, 0.717) is 18.8 Å². The monoisotopic (exact) mass is 279 g/mol. The Bertz CT molecular complexity index is 472.